The van der Waals surface area contributed by atoms with Gasteiger partial charge in [0.1, 0.15) is 5.82 Å². The number of fused-ring (bicyclic) bond motifs is 1. The van der Waals surface area contributed by atoms with Gasteiger partial charge in [-0.05, 0) is 50.8 Å². The summed E-state index contributed by atoms with van der Waals surface area (Å²) in [5.74, 6) is -0.180. The zero-order valence-electron chi connectivity index (χ0n) is 17.1. The van der Waals surface area contributed by atoms with Gasteiger partial charge in [0.15, 0.2) is 11.7 Å². The number of carbonyl (C=O) groups excluding carboxylic acids is 1. The lowest BCUT2D eigenvalue weighted by atomic mass is 9.96. The molecular formula is C21H23Cl2F3N4O. The zero-order valence-corrected chi connectivity index (χ0v) is 18.6. The van der Waals surface area contributed by atoms with Crippen molar-refractivity contribution in [2.24, 2.45) is 0 Å². The van der Waals surface area contributed by atoms with Gasteiger partial charge < -0.3 is 10.2 Å². The fourth-order valence-electron chi connectivity index (χ4n) is 4.58. The standard InChI is InChI=1S/C21H23Cl2F3N4O/c1-11-4-3-5-12(2)29(11)20(31)17-10-19-27-16(13-6-7-14(22)15(23)8-13)9-18(21(24,25)26)30(19)28-17/h6-8,10-12,16,18,27H,3-5,9H2,1-2H3. The molecule has 3 heterocycles. The van der Waals surface area contributed by atoms with Crippen molar-refractivity contribution in [1.82, 2.24) is 14.7 Å². The van der Waals surface area contributed by atoms with Gasteiger partial charge in [0, 0.05) is 24.6 Å². The molecule has 4 rings (SSSR count). The second kappa shape index (κ2) is 8.20. The lowest BCUT2D eigenvalue weighted by Gasteiger charge is -2.38. The number of benzene rings is 1. The number of carbonyl (C=O) groups is 1. The molecule has 2 aliphatic rings. The molecule has 0 bridgehead atoms. The third kappa shape index (κ3) is 4.24. The van der Waals surface area contributed by atoms with Crippen LogP contribution < -0.4 is 5.32 Å². The number of likely N-dealkylation sites (tertiary alicyclic amines) is 1. The van der Waals surface area contributed by atoms with E-state index in [1.54, 1.807) is 23.1 Å². The molecule has 1 aromatic heterocycles. The van der Waals surface area contributed by atoms with E-state index in [0.29, 0.717) is 10.6 Å². The Morgan fingerprint density at radius 1 is 1.13 bits per heavy atom. The third-order valence-electron chi connectivity index (χ3n) is 6.18. The number of piperidine rings is 1. The summed E-state index contributed by atoms with van der Waals surface area (Å²) in [5, 5.41) is 7.79. The fraction of sp³-hybridized carbons (Fsp3) is 0.524. The van der Waals surface area contributed by atoms with E-state index in [0.717, 1.165) is 23.9 Å². The third-order valence-corrected chi connectivity index (χ3v) is 6.92. The Labute approximate surface area is 188 Å². The normalized spacial score (nSPS) is 26.4. The van der Waals surface area contributed by atoms with Gasteiger partial charge in [0.2, 0.25) is 0 Å². The highest BCUT2D eigenvalue weighted by molar-refractivity contribution is 6.42. The van der Waals surface area contributed by atoms with E-state index in [-0.39, 0.29) is 40.9 Å². The molecule has 2 aromatic rings. The molecule has 2 aliphatic heterocycles. The zero-order chi connectivity index (χ0) is 22.5. The first-order valence-electron chi connectivity index (χ1n) is 10.3. The summed E-state index contributed by atoms with van der Waals surface area (Å²) in [4.78, 5) is 14.9. The molecule has 0 saturated carbocycles. The van der Waals surface area contributed by atoms with Crippen molar-refractivity contribution < 1.29 is 18.0 Å². The minimum atomic E-state index is -4.52. The summed E-state index contributed by atoms with van der Waals surface area (Å²) in [7, 11) is 0. The molecule has 1 saturated heterocycles. The summed E-state index contributed by atoms with van der Waals surface area (Å²) >= 11 is 12.0. The number of hydrogen-bond acceptors (Lipinski definition) is 3. The monoisotopic (exact) mass is 474 g/mol. The molecule has 1 aromatic carbocycles. The van der Waals surface area contributed by atoms with Crippen LogP contribution >= 0.6 is 23.2 Å². The van der Waals surface area contributed by atoms with E-state index in [1.165, 1.54) is 6.07 Å². The molecule has 0 aliphatic carbocycles. The summed E-state index contributed by atoms with van der Waals surface area (Å²) in [6.45, 7) is 3.92. The highest BCUT2D eigenvalue weighted by atomic mass is 35.5. The van der Waals surface area contributed by atoms with Gasteiger partial charge in [0.25, 0.3) is 5.91 Å². The topological polar surface area (TPSA) is 50.2 Å². The van der Waals surface area contributed by atoms with Crippen LogP contribution in [0.2, 0.25) is 10.0 Å². The van der Waals surface area contributed by atoms with Crippen LogP contribution in [0.15, 0.2) is 24.3 Å². The van der Waals surface area contributed by atoms with E-state index in [9.17, 15) is 18.0 Å². The fourth-order valence-corrected chi connectivity index (χ4v) is 4.89. The molecule has 168 valence electrons. The highest BCUT2D eigenvalue weighted by Gasteiger charge is 2.47. The van der Waals surface area contributed by atoms with Crippen molar-refractivity contribution >= 4 is 34.9 Å². The summed E-state index contributed by atoms with van der Waals surface area (Å²) in [6, 6.07) is 3.71. The SMILES string of the molecule is CC1CCCC(C)N1C(=O)c1cc2n(n1)C(C(F)(F)F)CC(c1ccc(Cl)c(Cl)c1)N2. The molecule has 4 atom stereocenters. The van der Waals surface area contributed by atoms with Crippen LogP contribution in [0.1, 0.15) is 67.7 Å². The number of halogens is 5. The number of alkyl halides is 3. The molecule has 0 spiro atoms. The Hall–Kier alpha value is -1.93. The minimum absolute atomic E-state index is 0.0188. The highest BCUT2D eigenvalue weighted by Crippen LogP contribution is 2.44. The average molecular weight is 475 g/mol. The first kappa shape index (κ1) is 22.3. The van der Waals surface area contributed by atoms with Crippen molar-refractivity contribution in [1.29, 1.82) is 0 Å². The largest absolute Gasteiger partial charge is 0.410 e. The van der Waals surface area contributed by atoms with Crippen LogP contribution in [0.25, 0.3) is 0 Å². The van der Waals surface area contributed by atoms with Crippen molar-refractivity contribution in [3.8, 4) is 0 Å². The smallest absolute Gasteiger partial charge is 0.363 e. The molecule has 1 amide bonds. The van der Waals surface area contributed by atoms with E-state index < -0.39 is 18.3 Å². The summed E-state index contributed by atoms with van der Waals surface area (Å²) in [5.41, 5.74) is 0.606. The van der Waals surface area contributed by atoms with Crippen LogP contribution in [0.5, 0.6) is 0 Å². The maximum absolute atomic E-state index is 13.9. The molecule has 31 heavy (non-hydrogen) atoms. The number of nitrogens with zero attached hydrogens (tertiary/aromatic N) is 3. The second-order valence-corrected chi connectivity index (χ2v) is 9.18. The number of rotatable bonds is 2. The van der Waals surface area contributed by atoms with Crippen LogP contribution in [0.3, 0.4) is 0 Å². The van der Waals surface area contributed by atoms with Crippen LogP contribution in [0.4, 0.5) is 19.0 Å². The number of anilines is 1. The van der Waals surface area contributed by atoms with Gasteiger partial charge in [-0.2, -0.15) is 18.3 Å². The van der Waals surface area contributed by atoms with Gasteiger partial charge in [-0.25, -0.2) is 4.68 Å². The van der Waals surface area contributed by atoms with Crippen molar-refractivity contribution in [2.45, 2.75) is 69.9 Å². The quantitative estimate of drug-likeness (QED) is 0.559. The Kier molecular flexibility index (Phi) is 5.89. The number of aromatic nitrogens is 2. The van der Waals surface area contributed by atoms with Crippen molar-refractivity contribution in [3.63, 3.8) is 0 Å². The number of nitrogens with one attached hydrogen (secondary N) is 1. The first-order chi connectivity index (χ1) is 14.6. The molecule has 10 heteroatoms. The summed E-state index contributed by atoms with van der Waals surface area (Å²) in [6.07, 6.45) is -2.04. The maximum atomic E-state index is 13.9. The van der Waals surface area contributed by atoms with E-state index in [1.807, 2.05) is 13.8 Å². The van der Waals surface area contributed by atoms with Crippen LogP contribution in [-0.2, 0) is 0 Å². The molecule has 4 unspecified atom stereocenters. The van der Waals surface area contributed by atoms with Gasteiger partial charge in [0.05, 0.1) is 16.1 Å². The average Bonchev–Trinajstić information content (AvgIpc) is 3.12. The molecule has 0 radical (unpaired) electrons. The van der Waals surface area contributed by atoms with Crippen LogP contribution in [-0.4, -0.2) is 38.8 Å². The Bertz CT molecular complexity index is 983. The Morgan fingerprint density at radius 2 is 1.81 bits per heavy atom. The molecular weight excluding hydrogens is 452 g/mol. The van der Waals surface area contributed by atoms with Gasteiger partial charge in [-0.15, -0.1) is 0 Å². The predicted octanol–water partition coefficient (Wildman–Crippen LogP) is 6.25. The van der Waals surface area contributed by atoms with Crippen molar-refractivity contribution in [2.75, 3.05) is 5.32 Å². The predicted molar refractivity (Wildman–Crippen MR) is 114 cm³/mol. The molecule has 5 nitrogen and oxygen atoms in total. The van der Waals surface area contributed by atoms with Gasteiger partial charge >= 0.3 is 6.18 Å². The number of amides is 1. The maximum Gasteiger partial charge on any atom is 0.410 e. The summed E-state index contributed by atoms with van der Waals surface area (Å²) < 4.78 is 42.6. The molecule has 1 N–H and O–H groups in total. The molecule has 1 fully saturated rings. The van der Waals surface area contributed by atoms with Gasteiger partial charge in [-0.1, -0.05) is 29.3 Å². The minimum Gasteiger partial charge on any atom is -0.363 e. The first-order valence-corrected chi connectivity index (χ1v) is 11.0. The lowest BCUT2D eigenvalue weighted by molar-refractivity contribution is -0.173. The van der Waals surface area contributed by atoms with Gasteiger partial charge in [-0.3, -0.25) is 4.79 Å². The van der Waals surface area contributed by atoms with Crippen LogP contribution in [0, 0.1) is 0 Å². The van der Waals surface area contributed by atoms with E-state index in [2.05, 4.69) is 10.4 Å². The lowest BCUT2D eigenvalue weighted by Crippen LogP contribution is -2.47. The second-order valence-electron chi connectivity index (χ2n) is 8.36. The van der Waals surface area contributed by atoms with E-state index in [4.69, 9.17) is 23.2 Å². The van der Waals surface area contributed by atoms with E-state index >= 15 is 0 Å². The number of hydrogen-bond donors (Lipinski definition) is 1. The van der Waals surface area contributed by atoms with Crippen molar-refractivity contribution in [3.05, 3.63) is 45.6 Å². The Balaban J connectivity index is 1.69. The Morgan fingerprint density at radius 3 is 2.42 bits per heavy atom.